The van der Waals surface area contributed by atoms with Crippen LogP contribution >= 0.6 is 0 Å². The lowest BCUT2D eigenvalue weighted by Gasteiger charge is -2.24. The molecule has 0 aliphatic carbocycles. The number of fused-ring (bicyclic) bond motifs is 1. The summed E-state index contributed by atoms with van der Waals surface area (Å²) in [4.78, 5) is 31.2. The predicted octanol–water partition coefficient (Wildman–Crippen LogP) is 3.21. The van der Waals surface area contributed by atoms with Gasteiger partial charge in [-0.2, -0.15) is 0 Å². The first kappa shape index (κ1) is 17.1. The molecule has 4 rings (SSSR count). The first-order valence-corrected chi connectivity index (χ1v) is 8.76. The summed E-state index contributed by atoms with van der Waals surface area (Å²) in [6.07, 6.45) is 0.357. The van der Waals surface area contributed by atoms with Crippen molar-refractivity contribution in [1.82, 2.24) is 14.5 Å². The molecule has 3 aromatic rings. The summed E-state index contributed by atoms with van der Waals surface area (Å²) >= 11 is 0. The third-order valence-electron chi connectivity index (χ3n) is 4.92. The van der Waals surface area contributed by atoms with Crippen LogP contribution in [0.5, 0.6) is 5.75 Å². The Balaban J connectivity index is 2.06. The zero-order valence-electron chi connectivity index (χ0n) is 14.8. The number of hydrogen-bond donors (Lipinski definition) is 1. The SMILES string of the molecule is COc1cccc2nc(C3CCCN3C(=O)O)n(-c3ccccc3)c(=O)c12. The van der Waals surface area contributed by atoms with E-state index in [4.69, 9.17) is 9.72 Å². The summed E-state index contributed by atoms with van der Waals surface area (Å²) in [5.41, 5.74) is 0.879. The average Bonchev–Trinajstić information content (AvgIpc) is 3.18. The third kappa shape index (κ3) is 2.81. The molecular weight excluding hydrogens is 346 g/mol. The fourth-order valence-electron chi connectivity index (χ4n) is 3.70. The summed E-state index contributed by atoms with van der Waals surface area (Å²) in [6.45, 7) is 0.431. The number of amides is 1. The lowest BCUT2D eigenvalue weighted by molar-refractivity contribution is 0.138. The molecule has 1 N–H and O–H groups in total. The van der Waals surface area contributed by atoms with Gasteiger partial charge in [0.25, 0.3) is 5.56 Å². The highest BCUT2D eigenvalue weighted by atomic mass is 16.5. The number of methoxy groups -OCH3 is 1. The molecule has 138 valence electrons. The smallest absolute Gasteiger partial charge is 0.407 e. The maximum atomic E-state index is 13.4. The lowest BCUT2D eigenvalue weighted by atomic mass is 10.1. The first-order chi connectivity index (χ1) is 13.1. The molecule has 0 bridgehead atoms. The van der Waals surface area contributed by atoms with Crippen LogP contribution in [0.15, 0.2) is 53.3 Å². The van der Waals surface area contributed by atoms with Crippen LogP contribution in [-0.4, -0.2) is 39.3 Å². The van der Waals surface area contributed by atoms with Gasteiger partial charge in [0.05, 0.1) is 24.4 Å². The topological polar surface area (TPSA) is 84.7 Å². The van der Waals surface area contributed by atoms with Gasteiger partial charge in [0.2, 0.25) is 0 Å². The van der Waals surface area contributed by atoms with Crippen molar-refractivity contribution in [1.29, 1.82) is 0 Å². The number of carbonyl (C=O) groups is 1. The Kier molecular flexibility index (Phi) is 4.27. The van der Waals surface area contributed by atoms with Crippen molar-refractivity contribution in [3.63, 3.8) is 0 Å². The van der Waals surface area contributed by atoms with E-state index in [0.29, 0.717) is 41.1 Å². The molecule has 1 amide bonds. The van der Waals surface area contributed by atoms with Crippen molar-refractivity contribution >= 4 is 17.0 Å². The van der Waals surface area contributed by atoms with E-state index in [1.807, 2.05) is 30.3 Å². The minimum atomic E-state index is -1.00. The molecule has 1 unspecified atom stereocenters. The molecule has 1 aromatic heterocycles. The molecule has 1 aliphatic heterocycles. The molecule has 1 aliphatic rings. The van der Waals surface area contributed by atoms with Crippen LogP contribution in [0.4, 0.5) is 4.79 Å². The van der Waals surface area contributed by atoms with E-state index in [2.05, 4.69) is 0 Å². The van der Waals surface area contributed by atoms with E-state index in [9.17, 15) is 14.7 Å². The average molecular weight is 365 g/mol. The second kappa shape index (κ2) is 6.75. The first-order valence-electron chi connectivity index (χ1n) is 8.76. The standard InChI is InChI=1S/C20H19N3O4/c1-27-16-11-5-9-14-17(16)19(24)23(13-7-3-2-4-8-13)18(21-14)15-10-6-12-22(15)20(25)26/h2-5,7-9,11,15H,6,10,12H2,1H3,(H,25,26). The molecule has 1 atom stereocenters. The molecule has 27 heavy (non-hydrogen) atoms. The van der Waals surface area contributed by atoms with Gasteiger partial charge in [0, 0.05) is 6.54 Å². The van der Waals surface area contributed by atoms with E-state index in [-0.39, 0.29) is 5.56 Å². The van der Waals surface area contributed by atoms with Crippen molar-refractivity contribution in [3.8, 4) is 11.4 Å². The van der Waals surface area contributed by atoms with E-state index < -0.39 is 12.1 Å². The Labute approximate surface area is 155 Å². The number of benzene rings is 2. The summed E-state index contributed by atoms with van der Waals surface area (Å²) in [7, 11) is 1.51. The maximum Gasteiger partial charge on any atom is 0.407 e. The number of para-hydroxylation sites is 1. The monoisotopic (exact) mass is 365 g/mol. The highest BCUT2D eigenvalue weighted by molar-refractivity contribution is 5.84. The normalized spacial score (nSPS) is 16.6. The Morgan fingerprint density at radius 3 is 2.67 bits per heavy atom. The van der Waals surface area contributed by atoms with E-state index in [0.717, 1.165) is 6.42 Å². The fourth-order valence-corrected chi connectivity index (χ4v) is 3.70. The summed E-state index contributed by atoms with van der Waals surface area (Å²) < 4.78 is 6.88. The van der Waals surface area contributed by atoms with Gasteiger partial charge in [-0.25, -0.2) is 9.78 Å². The van der Waals surface area contributed by atoms with Crippen LogP contribution in [-0.2, 0) is 0 Å². The number of ether oxygens (including phenoxy) is 1. The van der Waals surface area contributed by atoms with Crippen LogP contribution < -0.4 is 10.3 Å². The van der Waals surface area contributed by atoms with Crippen LogP contribution in [0, 0.1) is 0 Å². The lowest BCUT2D eigenvalue weighted by Crippen LogP contribution is -2.34. The second-order valence-electron chi connectivity index (χ2n) is 6.43. The third-order valence-corrected chi connectivity index (χ3v) is 4.92. The van der Waals surface area contributed by atoms with Gasteiger partial charge in [0.15, 0.2) is 0 Å². The zero-order chi connectivity index (χ0) is 19.0. The van der Waals surface area contributed by atoms with Gasteiger partial charge >= 0.3 is 6.09 Å². The van der Waals surface area contributed by atoms with Gasteiger partial charge in [-0.05, 0) is 37.1 Å². The number of rotatable bonds is 3. The van der Waals surface area contributed by atoms with Gasteiger partial charge in [0.1, 0.15) is 17.0 Å². The quantitative estimate of drug-likeness (QED) is 0.770. The number of likely N-dealkylation sites (tertiary alicyclic amines) is 1. The molecule has 1 saturated heterocycles. The van der Waals surface area contributed by atoms with Crippen molar-refractivity contribution in [2.75, 3.05) is 13.7 Å². The van der Waals surface area contributed by atoms with E-state index in [1.165, 1.54) is 16.6 Å². The molecule has 1 fully saturated rings. The molecule has 2 aromatic carbocycles. The number of carboxylic acid groups (broad SMARTS) is 1. The second-order valence-corrected chi connectivity index (χ2v) is 6.43. The predicted molar refractivity (Wildman–Crippen MR) is 101 cm³/mol. The molecule has 0 spiro atoms. The number of aromatic nitrogens is 2. The fraction of sp³-hybridized carbons (Fsp3) is 0.250. The minimum absolute atomic E-state index is 0.268. The van der Waals surface area contributed by atoms with Crippen LogP contribution in [0.3, 0.4) is 0 Å². The van der Waals surface area contributed by atoms with E-state index >= 15 is 0 Å². The summed E-state index contributed by atoms with van der Waals surface area (Å²) in [5.74, 6) is 0.884. The van der Waals surface area contributed by atoms with Crippen LogP contribution in [0.2, 0.25) is 0 Å². The molecular formula is C20H19N3O4. The van der Waals surface area contributed by atoms with Crippen LogP contribution in [0.1, 0.15) is 24.7 Å². The molecule has 7 heteroatoms. The van der Waals surface area contributed by atoms with Crippen molar-refractivity contribution in [2.24, 2.45) is 0 Å². The molecule has 2 heterocycles. The van der Waals surface area contributed by atoms with Gasteiger partial charge in [-0.15, -0.1) is 0 Å². The van der Waals surface area contributed by atoms with Crippen LogP contribution in [0.25, 0.3) is 16.6 Å². The highest BCUT2D eigenvalue weighted by Gasteiger charge is 2.34. The van der Waals surface area contributed by atoms with Gasteiger partial charge < -0.3 is 9.84 Å². The van der Waals surface area contributed by atoms with E-state index in [1.54, 1.807) is 18.2 Å². The maximum absolute atomic E-state index is 13.4. The molecule has 7 nitrogen and oxygen atoms in total. The summed E-state index contributed by atoms with van der Waals surface area (Å²) in [6, 6.07) is 13.9. The Morgan fingerprint density at radius 2 is 1.96 bits per heavy atom. The number of nitrogens with zero attached hydrogens (tertiary/aromatic N) is 3. The number of hydrogen-bond acceptors (Lipinski definition) is 4. The van der Waals surface area contributed by atoms with Gasteiger partial charge in [-0.3, -0.25) is 14.3 Å². The Bertz CT molecular complexity index is 1060. The van der Waals surface area contributed by atoms with Gasteiger partial charge in [-0.1, -0.05) is 24.3 Å². The summed E-state index contributed by atoms with van der Waals surface area (Å²) in [5, 5.41) is 9.94. The Hall–Kier alpha value is -3.35. The Morgan fingerprint density at radius 1 is 1.19 bits per heavy atom. The largest absolute Gasteiger partial charge is 0.496 e. The molecule has 0 saturated carbocycles. The highest BCUT2D eigenvalue weighted by Crippen LogP contribution is 2.33. The minimum Gasteiger partial charge on any atom is -0.496 e. The van der Waals surface area contributed by atoms with Crippen molar-refractivity contribution in [2.45, 2.75) is 18.9 Å². The zero-order valence-corrected chi connectivity index (χ0v) is 14.8. The molecule has 0 radical (unpaired) electrons. The van der Waals surface area contributed by atoms with Crippen molar-refractivity contribution < 1.29 is 14.6 Å². The van der Waals surface area contributed by atoms with Crippen molar-refractivity contribution in [3.05, 3.63) is 64.7 Å².